The smallest absolute Gasteiger partial charge is 0.252 e. The van der Waals surface area contributed by atoms with Crippen molar-refractivity contribution in [2.75, 3.05) is 38.3 Å². The number of rotatable bonds is 7. The van der Waals surface area contributed by atoms with Gasteiger partial charge < -0.3 is 20.1 Å². The van der Waals surface area contributed by atoms with Crippen LogP contribution in [0.5, 0.6) is 0 Å². The largest absolute Gasteiger partial charge is 0.388 e. The number of pyridine rings is 1. The van der Waals surface area contributed by atoms with Crippen LogP contribution in [-0.2, 0) is 4.74 Å². The Morgan fingerprint density at radius 1 is 1.29 bits per heavy atom. The molecule has 1 aromatic carbocycles. The molecule has 1 atom stereocenters. The van der Waals surface area contributed by atoms with Crippen LogP contribution in [0.1, 0.15) is 34.9 Å². The first-order chi connectivity index (χ1) is 13.6. The first-order valence-electron chi connectivity index (χ1n) is 9.50. The van der Waals surface area contributed by atoms with E-state index in [4.69, 9.17) is 16.3 Å². The molecule has 2 heterocycles. The van der Waals surface area contributed by atoms with Crippen LogP contribution in [0.25, 0.3) is 0 Å². The van der Waals surface area contributed by atoms with Crippen LogP contribution >= 0.6 is 11.6 Å². The van der Waals surface area contributed by atoms with Gasteiger partial charge in [-0.05, 0) is 48.6 Å². The van der Waals surface area contributed by atoms with Crippen molar-refractivity contribution in [1.82, 2.24) is 10.3 Å². The third kappa shape index (κ3) is 5.22. The summed E-state index contributed by atoms with van der Waals surface area (Å²) in [4.78, 5) is 18.7. The Balaban J connectivity index is 1.53. The minimum absolute atomic E-state index is 0.152. The van der Waals surface area contributed by atoms with Crippen molar-refractivity contribution in [3.63, 3.8) is 0 Å². The number of ether oxygens (including phenoxy) is 1. The monoisotopic (exact) mass is 403 g/mol. The van der Waals surface area contributed by atoms with E-state index in [2.05, 4.69) is 15.2 Å². The fraction of sp³-hybridized carbons (Fsp3) is 0.429. The van der Waals surface area contributed by atoms with Gasteiger partial charge >= 0.3 is 0 Å². The third-order valence-corrected chi connectivity index (χ3v) is 5.38. The summed E-state index contributed by atoms with van der Waals surface area (Å²) in [6, 6.07) is 11.1. The summed E-state index contributed by atoms with van der Waals surface area (Å²) < 4.78 is 4.92. The van der Waals surface area contributed by atoms with Crippen LogP contribution in [-0.4, -0.2) is 49.3 Å². The quantitative estimate of drug-likeness (QED) is 0.695. The number of hydrogen-bond donors (Lipinski definition) is 2. The zero-order valence-corrected chi connectivity index (χ0v) is 16.7. The Hall–Kier alpha value is -2.15. The lowest BCUT2D eigenvalue weighted by Crippen LogP contribution is -2.36. The predicted molar refractivity (Wildman–Crippen MR) is 110 cm³/mol. The summed E-state index contributed by atoms with van der Waals surface area (Å²) in [7, 11) is 1.60. The molecule has 28 heavy (non-hydrogen) atoms. The minimum Gasteiger partial charge on any atom is -0.388 e. The number of piperidine rings is 1. The molecule has 1 saturated heterocycles. The number of methoxy groups -OCH3 is 1. The number of aliphatic hydroxyl groups excluding tert-OH is 1. The summed E-state index contributed by atoms with van der Waals surface area (Å²) in [6.45, 7) is 2.60. The summed E-state index contributed by atoms with van der Waals surface area (Å²) in [5.74, 6) is 0.914. The molecule has 1 aliphatic rings. The molecule has 2 N–H and O–H groups in total. The van der Waals surface area contributed by atoms with Crippen molar-refractivity contribution in [1.29, 1.82) is 0 Å². The van der Waals surface area contributed by atoms with Gasteiger partial charge in [-0.15, -0.1) is 0 Å². The van der Waals surface area contributed by atoms with Crippen LogP contribution in [0.4, 0.5) is 5.82 Å². The molecule has 3 rings (SSSR count). The number of aliphatic hydroxyl groups is 1. The van der Waals surface area contributed by atoms with E-state index in [0.29, 0.717) is 23.7 Å². The van der Waals surface area contributed by atoms with E-state index in [1.54, 1.807) is 19.4 Å². The van der Waals surface area contributed by atoms with Gasteiger partial charge in [0.1, 0.15) is 5.82 Å². The second-order valence-electron chi connectivity index (χ2n) is 6.97. The molecule has 1 fully saturated rings. The van der Waals surface area contributed by atoms with Crippen molar-refractivity contribution in [2.45, 2.75) is 18.9 Å². The summed E-state index contributed by atoms with van der Waals surface area (Å²) in [5.41, 5.74) is 1.44. The Morgan fingerprint density at radius 3 is 2.61 bits per heavy atom. The molecule has 0 spiro atoms. The van der Waals surface area contributed by atoms with E-state index in [1.807, 2.05) is 30.3 Å². The normalized spacial score (nSPS) is 16.0. The number of halogens is 1. The lowest BCUT2D eigenvalue weighted by atomic mass is 9.87. The second kappa shape index (κ2) is 9.87. The van der Waals surface area contributed by atoms with Gasteiger partial charge in [-0.25, -0.2) is 4.98 Å². The van der Waals surface area contributed by atoms with Crippen molar-refractivity contribution in [3.05, 3.63) is 58.7 Å². The van der Waals surface area contributed by atoms with Crippen LogP contribution in [0, 0.1) is 5.92 Å². The summed E-state index contributed by atoms with van der Waals surface area (Å²) >= 11 is 5.93. The number of hydrogen-bond acceptors (Lipinski definition) is 5. The molecular weight excluding hydrogens is 378 g/mol. The Labute approximate surface area is 170 Å². The number of nitrogens with zero attached hydrogens (tertiary/aromatic N) is 2. The molecule has 1 aromatic heterocycles. The van der Waals surface area contributed by atoms with Crippen molar-refractivity contribution < 1.29 is 14.6 Å². The first-order valence-corrected chi connectivity index (χ1v) is 9.88. The van der Waals surface area contributed by atoms with Gasteiger partial charge in [-0.3, -0.25) is 4.79 Å². The van der Waals surface area contributed by atoms with Gasteiger partial charge in [0.25, 0.3) is 5.91 Å². The molecule has 1 unspecified atom stereocenters. The average Bonchev–Trinajstić information content (AvgIpc) is 2.74. The second-order valence-corrected chi connectivity index (χ2v) is 7.41. The SMILES string of the molecule is COCCNC(=O)c1ccc(N2CCC(C(O)c3ccc(Cl)cc3)CC2)nc1. The van der Waals surface area contributed by atoms with Gasteiger partial charge in [0, 0.05) is 38.0 Å². The Kier molecular flexibility index (Phi) is 7.25. The predicted octanol–water partition coefficient (Wildman–Crippen LogP) is 3.06. The molecular formula is C21H26ClN3O3. The van der Waals surface area contributed by atoms with E-state index >= 15 is 0 Å². The number of nitrogens with one attached hydrogen (secondary N) is 1. The maximum absolute atomic E-state index is 12.0. The number of carbonyl (C=O) groups excluding carboxylic acids is 1. The minimum atomic E-state index is -0.481. The zero-order valence-electron chi connectivity index (χ0n) is 16.0. The van der Waals surface area contributed by atoms with Crippen molar-refractivity contribution >= 4 is 23.3 Å². The van der Waals surface area contributed by atoms with Gasteiger partial charge in [0.2, 0.25) is 0 Å². The lowest BCUT2D eigenvalue weighted by molar-refractivity contribution is 0.0926. The molecule has 1 aliphatic heterocycles. The van der Waals surface area contributed by atoms with Gasteiger partial charge in [0.15, 0.2) is 0 Å². The summed E-state index contributed by atoms with van der Waals surface area (Å²) in [6.07, 6.45) is 2.88. The topological polar surface area (TPSA) is 74.7 Å². The van der Waals surface area contributed by atoms with Crippen molar-refractivity contribution in [2.24, 2.45) is 5.92 Å². The highest BCUT2D eigenvalue weighted by Gasteiger charge is 2.26. The highest BCUT2D eigenvalue weighted by atomic mass is 35.5. The Bertz CT molecular complexity index is 759. The van der Waals surface area contributed by atoms with E-state index in [0.717, 1.165) is 37.3 Å². The Morgan fingerprint density at radius 2 is 2.00 bits per heavy atom. The number of anilines is 1. The molecule has 0 bridgehead atoms. The standard InChI is InChI=1S/C21H26ClN3O3/c1-28-13-10-23-21(27)17-4-7-19(24-14-17)25-11-8-16(9-12-25)20(26)15-2-5-18(22)6-3-15/h2-7,14,16,20,26H,8-13H2,1H3,(H,23,27). The molecule has 150 valence electrons. The molecule has 0 radical (unpaired) electrons. The third-order valence-electron chi connectivity index (χ3n) is 5.12. The van der Waals surface area contributed by atoms with Crippen molar-refractivity contribution in [3.8, 4) is 0 Å². The molecule has 2 aromatic rings. The van der Waals surface area contributed by atoms with E-state index in [9.17, 15) is 9.90 Å². The van der Waals surface area contributed by atoms with Crippen LogP contribution < -0.4 is 10.2 Å². The van der Waals surface area contributed by atoms with Crippen LogP contribution in [0.15, 0.2) is 42.6 Å². The maximum atomic E-state index is 12.0. The van der Waals surface area contributed by atoms with Crippen LogP contribution in [0.3, 0.4) is 0 Å². The van der Waals surface area contributed by atoms with E-state index < -0.39 is 6.10 Å². The number of aromatic nitrogens is 1. The lowest BCUT2D eigenvalue weighted by Gasteiger charge is -2.35. The fourth-order valence-electron chi connectivity index (χ4n) is 3.45. The number of benzene rings is 1. The van der Waals surface area contributed by atoms with E-state index in [1.165, 1.54) is 0 Å². The zero-order chi connectivity index (χ0) is 19.9. The maximum Gasteiger partial charge on any atom is 0.252 e. The first kappa shape index (κ1) is 20.6. The molecule has 7 heteroatoms. The molecule has 0 aliphatic carbocycles. The van der Waals surface area contributed by atoms with Gasteiger partial charge in [-0.1, -0.05) is 23.7 Å². The van der Waals surface area contributed by atoms with Gasteiger partial charge in [-0.2, -0.15) is 0 Å². The van der Waals surface area contributed by atoms with Gasteiger partial charge in [0.05, 0.1) is 18.3 Å². The number of amides is 1. The van der Waals surface area contributed by atoms with Crippen LogP contribution in [0.2, 0.25) is 5.02 Å². The highest BCUT2D eigenvalue weighted by molar-refractivity contribution is 6.30. The molecule has 6 nitrogen and oxygen atoms in total. The molecule has 0 saturated carbocycles. The fourth-order valence-corrected chi connectivity index (χ4v) is 3.58. The molecule has 1 amide bonds. The highest BCUT2D eigenvalue weighted by Crippen LogP contribution is 2.32. The summed E-state index contributed by atoms with van der Waals surface area (Å²) in [5, 5.41) is 14.1. The average molecular weight is 404 g/mol. The number of carbonyl (C=O) groups is 1. The van der Waals surface area contributed by atoms with E-state index in [-0.39, 0.29) is 11.8 Å².